The summed E-state index contributed by atoms with van der Waals surface area (Å²) in [5.41, 5.74) is 2.34. The summed E-state index contributed by atoms with van der Waals surface area (Å²) in [4.78, 5) is 5.25. The molecule has 0 radical (unpaired) electrons. The average molecular weight is 304 g/mol. The lowest BCUT2D eigenvalue weighted by Crippen LogP contribution is -2.26. The maximum absolute atomic E-state index is 11.7. The van der Waals surface area contributed by atoms with Gasteiger partial charge in [0.05, 0.1) is 6.04 Å². The summed E-state index contributed by atoms with van der Waals surface area (Å²) in [6.45, 7) is 0.443. The Hall–Kier alpha value is -0.110. The summed E-state index contributed by atoms with van der Waals surface area (Å²) in [6, 6.07) is 1.57. The lowest BCUT2D eigenvalue weighted by Gasteiger charge is -2.13. The Morgan fingerprint density at radius 1 is 1.60 bits per heavy atom. The van der Waals surface area contributed by atoms with Gasteiger partial charge < -0.3 is 0 Å². The van der Waals surface area contributed by atoms with Gasteiger partial charge in [-0.05, 0) is 28.9 Å². The van der Waals surface area contributed by atoms with Gasteiger partial charge in [0.2, 0.25) is 0 Å². The number of rotatable bonds is 4. The molecule has 0 saturated carbocycles. The fourth-order valence-corrected chi connectivity index (χ4v) is 2.30. The highest BCUT2D eigenvalue weighted by Crippen LogP contribution is 2.25. The van der Waals surface area contributed by atoms with E-state index in [4.69, 9.17) is 0 Å². The van der Waals surface area contributed by atoms with E-state index in [1.54, 1.807) is 6.92 Å². The van der Waals surface area contributed by atoms with Gasteiger partial charge in [0.15, 0.2) is 6.61 Å². The largest absolute Gasteiger partial charge is 0.413 e. The van der Waals surface area contributed by atoms with Crippen molar-refractivity contribution in [2.24, 2.45) is 0 Å². The molecule has 1 atom stereocenters. The zero-order valence-corrected chi connectivity index (χ0v) is 10.2. The predicted molar refractivity (Wildman–Crippen MR) is 55.6 cm³/mol. The van der Waals surface area contributed by atoms with Crippen LogP contribution in [-0.2, 0) is 4.84 Å². The van der Waals surface area contributed by atoms with Gasteiger partial charge in [0.1, 0.15) is 0 Å². The molecule has 1 unspecified atom stereocenters. The van der Waals surface area contributed by atoms with Gasteiger partial charge in [-0.25, -0.2) is 0 Å². The van der Waals surface area contributed by atoms with Gasteiger partial charge in [-0.2, -0.15) is 18.7 Å². The molecule has 1 rings (SSSR count). The Bertz CT molecular complexity index is 315. The Balaban J connectivity index is 2.34. The standard InChI is InChI=1S/C8H9BrF3NOS/c1-5(7-2-6(9)3-15-7)13-14-4-8(10,11)12/h2-3,5,13H,4H2,1H3. The van der Waals surface area contributed by atoms with Crippen LogP contribution in [0.5, 0.6) is 0 Å². The highest BCUT2D eigenvalue weighted by Gasteiger charge is 2.28. The molecule has 0 fully saturated rings. The van der Waals surface area contributed by atoms with E-state index in [0.29, 0.717) is 0 Å². The van der Waals surface area contributed by atoms with E-state index < -0.39 is 12.8 Å². The van der Waals surface area contributed by atoms with Crippen LogP contribution in [0, 0.1) is 0 Å². The first-order valence-corrected chi connectivity index (χ1v) is 5.74. The van der Waals surface area contributed by atoms with E-state index >= 15 is 0 Å². The number of hydroxylamine groups is 1. The van der Waals surface area contributed by atoms with Crippen LogP contribution in [0.15, 0.2) is 15.9 Å². The van der Waals surface area contributed by atoms with Crippen molar-refractivity contribution < 1.29 is 18.0 Å². The van der Waals surface area contributed by atoms with Crippen LogP contribution in [0.25, 0.3) is 0 Å². The monoisotopic (exact) mass is 303 g/mol. The lowest BCUT2D eigenvalue weighted by molar-refractivity contribution is -0.192. The maximum Gasteiger partial charge on any atom is 0.413 e. The molecule has 1 N–H and O–H groups in total. The Kier molecular flexibility index (Phi) is 4.57. The number of thiophene rings is 1. The summed E-state index contributed by atoms with van der Waals surface area (Å²) >= 11 is 4.71. The second-order valence-corrected chi connectivity index (χ2v) is 4.77. The third-order valence-corrected chi connectivity index (χ3v) is 3.39. The molecule has 1 aromatic rings. The summed E-state index contributed by atoms with van der Waals surface area (Å²) in [5, 5.41) is 1.86. The fraction of sp³-hybridized carbons (Fsp3) is 0.500. The van der Waals surface area contributed by atoms with E-state index in [1.165, 1.54) is 11.3 Å². The molecule has 1 aromatic heterocycles. The van der Waals surface area contributed by atoms with Gasteiger partial charge in [-0.1, -0.05) is 0 Å². The minimum Gasteiger partial charge on any atom is -0.292 e. The highest BCUT2D eigenvalue weighted by molar-refractivity contribution is 9.10. The number of hydrogen-bond acceptors (Lipinski definition) is 3. The first-order valence-electron chi connectivity index (χ1n) is 4.06. The molecular weight excluding hydrogens is 295 g/mol. The smallest absolute Gasteiger partial charge is 0.292 e. The van der Waals surface area contributed by atoms with E-state index in [9.17, 15) is 13.2 Å². The minimum atomic E-state index is -4.30. The molecule has 86 valence electrons. The topological polar surface area (TPSA) is 21.3 Å². The fourth-order valence-electron chi connectivity index (χ4n) is 0.862. The highest BCUT2D eigenvalue weighted by atomic mass is 79.9. The average Bonchev–Trinajstić information content (AvgIpc) is 2.49. The van der Waals surface area contributed by atoms with Crippen molar-refractivity contribution in [1.29, 1.82) is 0 Å². The van der Waals surface area contributed by atoms with Gasteiger partial charge in [0.25, 0.3) is 0 Å². The summed E-state index contributed by atoms with van der Waals surface area (Å²) in [7, 11) is 0. The van der Waals surface area contributed by atoms with Crippen molar-refractivity contribution in [2.75, 3.05) is 6.61 Å². The Morgan fingerprint density at radius 3 is 2.73 bits per heavy atom. The molecule has 0 saturated heterocycles. The molecule has 15 heavy (non-hydrogen) atoms. The molecule has 0 aliphatic rings. The Labute approximate surface area is 97.5 Å². The number of halogens is 4. The van der Waals surface area contributed by atoms with E-state index in [1.807, 2.05) is 11.4 Å². The first kappa shape index (κ1) is 13.0. The zero-order chi connectivity index (χ0) is 11.5. The first-order chi connectivity index (χ1) is 6.88. The third kappa shape index (κ3) is 4.96. The molecular formula is C8H9BrF3NOS. The van der Waals surface area contributed by atoms with Gasteiger partial charge >= 0.3 is 6.18 Å². The van der Waals surface area contributed by atoms with Crippen LogP contribution < -0.4 is 5.48 Å². The quantitative estimate of drug-likeness (QED) is 0.857. The van der Waals surface area contributed by atoms with Crippen LogP contribution in [0.3, 0.4) is 0 Å². The van der Waals surface area contributed by atoms with Crippen LogP contribution in [0.1, 0.15) is 17.8 Å². The van der Waals surface area contributed by atoms with E-state index in [-0.39, 0.29) is 6.04 Å². The predicted octanol–water partition coefficient (Wildman–Crippen LogP) is 3.66. The van der Waals surface area contributed by atoms with Gasteiger partial charge in [-0.3, -0.25) is 4.84 Å². The normalized spacial score (nSPS) is 14.2. The van der Waals surface area contributed by atoms with E-state index in [0.717, 1.165) is 9.35 Å². The molecule has 0 spiro atoms. The maximum atomic E-state index is 11.7. The molecule has 1 heterocycles. The van der Waals surface area contributed by atoms with Crippen molar-refractivity contribution in [3.8, 4) is 0 Å². The molecule has 7 heteroatoms. The molecule has 0 aliphatic heterocycles. The van der Waals surface area contributed by atoms with Crippen molar-refractivity contribution in [3.63, 3.8) is 0 Å². The van der Waals surface area contributed by atoms with E-state index in [2.05, 4.69) is 26.2 Å². The lowest BCUT2D eigenvalue weighted by atomic mass is 10.3. The number of hydrogen-bond donors (Lipinski definition) is 1. The van der Waals surface area contributed by atoms with Gasteiger partial charge in [-0.15, -0.1) is 11.3 Å². The second kappa shape index (κ2) is 5.29. The summed E-state index contributed by atoms with van der Waals surface area (Å²) in [5.74, 6) is 0. The van der Waals surface area contributed by atoms with Gasteiger partial charge in [0, 0.05) is 14.7 Å². The number of nitrogens with one attached hydrogen (secondary N) is 1. The van der Waals surface area contributed by atoms with Crippen molar-refractivity contribution in [1.82, 2.24) is 5.48 Å². The molecule has 0 aliphatic carbocycles. The van der Waals surface area contributed by atoms with Crippen LogP contribution in [-0.4, -0.2) is 12.8 Å². The summed E-state index contributed by atoms with van der Waals surface area (Å²) < 4.78 is 36.1. The molecule has 2 nitrogen and oxygen atoms in total. The third-order valence-electron chi connectivity index (χ3n) is 1.51. The van der Waals surface area contributed by atoms with Crippen LogP contribution >= 0.6 is 27.3 Å². The van der Waals surface area contributed by atoms with Crippen molar-refractivity contribution in [2.45, 2.75) is 19.1 Å². The van der Waals surface area contributed by atoms with Crippen molar-refractivity contribution in [3.05, 3.63) is 20.8 Å². The van der Waals surface area contributed by atoms with Crippen LogP contribution in [0.4, 0.5) is 13.2 Å². The number of alkyl halides is 3. The second-order valence-electron chi connectivity index (χ2n) is 2.91. The SMILES string of the molecule is CC(NOCC(F)(F)F)c1cc(Br)cs1. The molecule has 0 bridgehead atoms. The molecule has 0 amide bonds. The van der Waals surface area contributed by atoms with Crippen LogP contribution in [0.2, 0.25) is 0 Å². The minimum absolute atomic E-state index is 0.261. The molecule has 0 aromatic carbocycles. The van der Waals surface area contributed by atoms with Crippen molar-refractivity contribution >= 4 is 27.3 Å². The Morgan fingerprint density at radius 2 is 2.27 bits per heavy atom. The zero-order valence-electron chi connectivity index (χ0n) is 7.77. The summed E-state index contributed by atoms with van der Waals surface area (Å²) in [6.07, 6.45) is -4.30.